The van der Waals surface area contributed by atoms with Gasteiger partial charge < -0.3 is 10.3 Å². The van der Waals surface area contributed by atoms with Crippen LogP contribution in [0.25, 0.3) is 21.8 Å². The summed E-state index contributed by atoms with van der Waals surface area (Å²) < 4.78 is 29.0. The van der Waals surface area contributed by atoms with Crippen molar-refractivity contribution >= 4 is 27.7 Å². The third-order valence-corrected chi connectivity index (χ3v) is 5.07. The van der Waals surface area contributed by atoms with Crippen LogP contribution in [0.5, 0.6) is 0 Å². The molecule has 0 bridgehead atoms. The number of carbonyl (C=O) groups is 1. The predicted molar refractivity (Wildman–Crippen MR) is 106 cm³/mol. The fraction of sp³-hybridized carbons (Fsp3) is 0.174. The van der Waals surface area contributed by atoms with Crippen LogP contribution in [0.1, 0.15) is 41.3 Å². The average Bonchev–Trinajstić information content (AvgIpc) is 2.98. The van der Waals surface area contributed by atoms with E-state index >= 15 is 0 Å². The second-order valence-corrected chi connectivity index (χ2v) is 7.25. The molecule has 3 nitrogen and oxygen atoms in total. The van der Waals surface area contributed by atoms with Crippen LogP contribution in [0.4, 0.5) is 8.78 Å². The van der Waals surface area contributed by atoms with Gasteiger partial charge in [-0.15, -0.1) is 0 Å². The number of nitrogens with zero attached hydrogens (tertiary/aromatic N) is 1. The largest absolute Gasteiger partial charge is 0.366 e. The van der Waals surface area contributed by atoms with Crippen LogP contribution in [0.3, 0.4) is 0 Å². The zero-order valence-corrected chi connectivity index (χ0v) is 15.6. The Bertz CT molecular complexity index is 1220. The Morgan fingerprint density at radius 1 is 1.11 bits per heavy atom. The molecule has 0 aliphatic rings. The zero-order valence-electron chi connectivity index (χ0n) is 15.6. The maximum absolute atomic E-state index is 13.7. The maximum atomic E-state index is 13.7. The minimum Gasteiger partial charge on any atom is -0.366 e. The number of rotatable bonds is 4. The molecule has 1 aromatic heterocycles. The number of primary amides is 1. The van der Waals surface area contributed by atoms with Crippen LogP contribution in [-0.4, -0.2) is 10.5 Å². The summed E-state index contributed by atoms with van der Waals surface area (Å²) in [7, 11) is 0. The molecule has 1 heterocycles. The van der Waals surface area contributed by atoms with E-state index in [0.717, 1.165) is 33.4 Å². The molecule has 0 aliphatic carbocycles. The van der Waals surface area contributed by atoms with Gasteiger partial charge in [-0.05, 0) is 53.4 Å². The van der Waals surface area contributed by atoms with Crippen molar-refractivity contribution in [3.63, 3.8) is 0 Å². The molecule has 28 heavy (non-hydrogen) atoms. The second-order valence-electron chi connectivity index (χ2n) is 7.25. The molecule has 0 atom stereocenters. The number of benzene rings is 3. The van der Waals surface area contributed by atoms with Gasteiger partial charge in [-0.1, -0.05) is 32.0 Å². The van der Waals surface area contributed by atoms with Gasteiger partial charge in [0.25, 0.3) is 0 Å². The minimum absolute atomic E-state index is 0.297. The summed E-state index contributed by atoms with van der Waals surface area (Å²) in [6, 6.07) is 16.5. The highest BCUT2D eigenvalue weighted by Crippen LogP contribution is 2.34. The molecule has 0 unspecified atom stereocenters. The third-order valence-electron chi connectivity index (χ3n) is 5.07. The lowest BCUT2D eigenvalue weighted by atomic mass is 10.00. The number of fused-ring (bicyclic) bond motifs is 3. The van der Waals surface area contributed by atoms with Crippen molar-refractivity contribution in [2.45, 2.75) is 26.3 Å². The summed E-state index contributed by atoms with van der Waals surface area (Å²) in [4.78, 5) is 12.0. The molecule has 0 fully saturated rings. The predicted octanol–water partition coefficient (Wildman–Crippen LogP) is 5.14. The van der Waals surface area contributed by atoms with E-state index in [-0.39, 0.29) is 0 Å². The van der Waals surface area contributed by atoms with Crippen LogP contribution in [0.15, 0.2) is 48.5 Å². The van der Waals surface area contributed by atoms with Crippen molar-refractivity contribution in [2.75, 3.05) is 0 Å². The van der Waals surface area contributed by atoms with Crippen LogP contribution in [0, 0.1) is 17.7 Å². The first-order valence-corrected chi connectivity index (χ1v) is 9.07. The van der Waals surface area contributed by atoms with Crippen LogP contribution < -0.4 is 5.73 Å². The molecule has 0 saturated heterocycles. The highest BCUT2D eigenvalue weighted by Gasteiger charge is 2.18. The topological polar surface area (TPSA) is 48.0 Å². The van der Waals surface area contributed by atoms with E-state index in [9.17, 15) is 13.6 Å². The summed E-state index contributed by atoms with van der Waals surface area (Å²) >= 11 is 0. The zero-order chi connectivity index (χ0) is 20.0. The lowest BCUT2D eigenvalue weighted by Gasteiger charge is -2.10. The molecule has 0 spiro atoms. The summed E-state index contributed by atoms with van der Waals surface area (Å²) in [5.41, 5.74) is 9.41. The van der Waals surface area contributed by atoms with E-state index in [1.54, 1.807) is 18.2 Å². The van der Waals surface area contributed by atoms with E-state index in [1.165, 1.54) is 6.07 Å². The first kappa shape index (κ1) is 18.2. The van der Waals surface area contributed by atoms with Gasteiger partial charge in [-0.25, -0.2) is 8.78 Å². The summed E-state index contributed by atoms with van der Waals surface area (Å²) in [5.74, 6) is -1.98. The molecule has 141 valence electrons. The van der Waals surface area contributed by atoms with Gasteiger partial charge >= 0.3 is 0 Å². The minimum atomic E-state index is -0.884. The lowest BCUT2D eigenvalue weighted by molar-refractivity contribution is 0.100. The number of halogens is 2. The van der Waals surface area contributed by atoms with Gasteiger partial charge in [0.15, 0.2) is 11.6 Å². The molecule has 4 rings (SSSR count). The smallest absolute Gasteiger partial charge is 0.249 e. The van der Waals surface area contributed by atoms with Crippen LogP contribution in [0.2, 0.25) is 0 Å². The number of aromatic nitrogens is 1. The van der Waals surface area contributed by atoms with Gasteiger partial charge in [0.2, 0.25) is 5.91 Å². The Balaban J connectivity index is 2.03. The SMILES string of the molecule is CC(C)c1c[c]c2c3c(C(N)=O)cccc3n(Cc3ccc(F)c(F)c3)c2c1. The number of hydrogen-bond acceptors (Lipinski definition) is 1. The Hall–Kier alpha value is -3.21. The van der Waals surface area contributed by atoms with E-state index in [0.29, 0.717) is 23.6 Å². The van der Waals surface area contributed by atoms with Crippen molar-refractivity contribution in [1.29, 1.82) is 0 Å². The highest BCUT2D eigenvalue weighted by molar-refractivity contribution is 6.17. The van der Waals surface area contributed by atoms with E-state index in [4.69, 9.17) is 5.73 Å². The molecular formula is C23H19F2N2O. The molecule has 1 radical (unpaired) electrons. The standard InChI is InChI=1S/C23H19F2N2O/c1-13(2)15-7-8-16-21(11-15)27(12-14-6-9-18(24)19(25)10-14)20-5-3-4-17(22(16)20)23(26)28/h3-7,9-11,13H,12H2,1-2H3,(H2,26,28). The highest BCUT2D eigenvalue weighted by atomic mass is 19.2. The van der Waals surface area contributed by atoms with Crippen molar-refractivity contribution < 1.29 is 13.6 Å². The monoisotopic (exact) mass is 377 g/mol. The van der Waals surface area contributed by atoms with Crippen molar-refractivity contribution in [2.24, 2.45) is 5.73 Å². The number of amides is 1. The van der Waals surface area contributed by atoms with E-state index in [1.807, 2.05) is 16.7 Å². The Morgan fingerprint density at radius 2 is 1.89 bits per heavy atom. The van der Waals surface area contributed by atoms with Gasteiger partial charge in [0.05, 0.1) is 11.0 Å². The quantitative estimate of drug-likeness (QED) is 0.526. The lowest BCUT2D eigenvalue weighted by Crippen LogP contribution is -2.11. The third kappa shape index (κ3) is 2.93. The summed E-state index contributed by atoms with van der Waals surface area (Å²) in [6.07, 6.45) is 0. The second kappa shape index (κ2) is 6.75. The number of nitrogens with two attached hydrogens (primary N) is 1. The average molecular weight is 377 g/mol. The Labute approximate surface area is 161 Å². The van der Waals surface area contributed by atoms with Crippen LogP contribution in [-0.2, 0) is 6.54 Å². The fourth-order valence-corrected chi connectivity index (χ4v) is 3.60. The van der Waals surface area contributed by atoms with Gasteiger partial charge in [0.1, 0.15) is 0 Å². The van der Waals surface area contributed by atoms with E-state index in [2.05, 4.69) is 26.0 Å². The molecule has 3 aromatic carbocycles. The first-order valence-electron chi connectivity index (χ1n) is 9.07. The Morgan fingerprint density at radius 3 is 2.57 bits per heavy atom. The normalized spacial score (nSPS) is 11.6. The molecule has 4 aromatic rings. The molecule has 0 saturated carbocycles. The van der Waals surface area contributed by atoms with Crippen LogP contribution >= 0.6 is 0 Å². The summed E-state index contributed by atoms with van der Waals surface area (Å²) in [5, 5.41) is 1.51. The van der Waals surface area contributed by atoms with Gasteiger partial charge in [-0.3, -0.25) is 4.79 Å². The van der Waals surface area contributed by atoms with Crippen molar-refractivity contribution in [3.05, 3.63) is 82.9 Å². The van der Waals surface area contributed by atoms with E-state index < -0.39 is 17.5 Å². The van der Waals surface area contributed by atoms with Gasteiger partial charge in [0, 0.05) is 22.9 Å². The summed E-state index contributed by atoms with van der Waals surface area (Å²) in [6.45, 7) is 4.51. The Kier molecular flexibility index (Phi) is 4.38. The van der Waals surface area contributed by atoms with Gasteiger partial charge in [-0.2, -0.15) is 0 Å². The molecule has 2 N–H and O–H groups in total. The molecular weight excluding hydrogens is 358 g/mol. The maximum Gasteiger partial charge on any atom is 0.249 e. The van der Waals surface area contributed by atoms with Crippen molar-refractivity contribution in [1.82, 2.24) is 4.57 Å². The first-order chi connectivity index (χ1) is 13.4. The molecule has 0 aliphatic heterocycles. The molecule has 1 amide bonds. The fourth-order valence-electron chi connectivity index (χ4n) is 3.60. The molecule has 5 heteroatoms. The number of hydrogen-bond donors (Lipinski definition) is 1. The van der Waals surface area contributed by atoms with Crippen molar-refractivity contribution in [3.8, 4) is 0 Å². The number of carbonyl (C=O) groups excluding carboxylic acids is 1.